The summed E-state index contributed by atoms with van der Waals surface area (Å²) in [6.45, 7) is 0. The molecule has 0 heterocycles. The average Bonchev–Trinajstić information content (AvgIpc) is 2.30. The highest BCUT2D eigenvalue weighted by atomic mass is 127. The van der Waals surface area contributed by atoms with Gasteiger partial charge in [0.2, 0.25) is 0 Å². The van der Waals surface area contributed by atoms with E-state index in [0.29, 0.717) is 0 Å². The predicted octanol–water partition coefficient (Wildman–Crippen LogP) is 4.46. The Bertz CT molecular complexity index is 441. The summed E-state index contributed by atoms with van der Waals surface area (Å²) in [6.07, 6.45) is 4.26. The third-order valence-electron chi connectivity index (χ3n) is 2.14. The molecule has 74 valence electrons. The van der Waals surface area contributed by atoms with Crippen molar-refractivity contribution in [2.75, 3.05) is 0 Å². The second kappa shape index (κ2) is 5.12. The van der Waals surface area contributed by atoms with E-state index in [9.17, 15) is 0 Å². The maximum Gasteiger partial charge on any atom is 0.0130 e. The number of rotatable bonds is 2. The van der Waals surface area contributed by atoms with Gasteiger partial charge in [-0.2, -0.15) is 0 Å². The SMILES string of the molecule is Ic1ccc(/C=C\c2ccccc2)cc1. The normalized spacial score (nSPS) is 10.7. The molecule has 0 amide bonds. The van der Waals surface area contributed by atoms with Gasteiger partial charge in [0.25, 0.3) is 0 Å². The van der Waals surface area contributed by atoms with Gasteiger partial charge >= 0.3 is 0 Å². The van der Waals surface area contributed by atoms with Crippen molar-refractivity contribution in [3.63, 3.8) is 0 Å². The van der Waals surface area contributed by atoms with E-state index < -0.39 is 0 Å². The van der Waals surface area contributed by atoms with Crippen molar-refractivity contribution >= 4 is 34.7 Å². The number of halogens is 1. The van der Waals surface area contributed by atoms with Crippen LogP contribution in [0.15, 0.2) is 54.6 Å². The molecule has 0 aliphatic carbocycles. The summed E-state index contributed by atoms with van der Waals surface area (Å²) in [7, 11) is 0. The zero-order valence-electron chi connectivity index (χ0n) is 8.23. The lowest BCUT2D eigenvalue weighted by Gasteiger charge is -1.94. The minimum absolute atomic E-state index is 1.23. The summed E-state index contributed by atoms with van der Waals surface area (Å²) >= 11 is 2.31. The number of hydrogen-bond donors (Lipinski definition) is 0. The van der Waals surface area contributed by atoms with Gasteiger partial charge in [0, 0.05) is 3.57 Å². The molecule has 2 aromatic rings. The largest absolute Gasteiger partial charge is 0.0622 e. The van der Waals surface area contributed by atoms with E-state index in [1.54, 1.807) is 0 Å². The van der Waals surface area contributed by atoms with Crippen LogP contribution in [0, 0.1) is 3.57 Å². The minimum Gasteiger partial charge on any atom is -0.0622 e. The molecular weight excluding hydrogens is 295 g/mol. The second-order valence-corrected chi connectivity index (χ2v) is 4.54. The van der Waals surface area contributed by atoms with Crippen LogP contribution in [-0.2, 0) is 0 Å². The molecule has 0 bridgehead atoms. The van der Waals surface area contributed by atoms with Gasteiger partial charge in [-0.1, -0.05) is 54.6 Å². The summed E-state index contributed by atoms with van der Waals surface area (Å²) in [5.74, 6) is 0. The molecule has 2 aromatic carbocycles. The summed E-state index contributed by atoms with van der Waals surface area (Å²) in [5, 5.41) is 0. The second-order valence-electron chi connectivity index (χ2n) is 3.30. The molecule has 1 heteroatoms. The quantitative estimate of drug-likeness (QED) is 0.567. The standard InChI is InChI=1S/C14H11I/c15-14-10-8-13(9-11-14)7-6-12-4-2-1-3-5-12/h1-11H/b7-6-. The first-order valence-electron chi connectivity index (χ1n) is 4.83. The molecule has 0 nitrogen and oxygen atoms in total. The molecule has 0 aliphatic rings. The van der Waals surface area contributed by atoms with E-state index in [1.165, 1.54) is 14.7 Å². The molecule has 0 N–H and O–H groups in total. The van der Waals surface area contributed by atoms with E-state index in [2.05, 4.69) is 71.1 Å². The first-order valence-corrected chi connectivity index (χ1v) is 5.91. The molecule has 0 aliphatic heterocycles. The van der Waals surface area contributed by atoms with Crippen LogP contribution in [-0.4, -0.2) is 0 Å². The van der Waals surface area contributed by atoms with Gasteiger partial charge in [-0.3, -0.25) is 0 Å². The number of hydrogen-bond acceptors (Lipinski definition) is 0. The summed E-state index contributed by atoms with van der Waals surface area (Å²) in [6, 6.07) is 18.8. The van der Waals surface area contributed by atoms with Crippen molar-refractivity contribution in [2.45, 2.75) is 0 Å². The van der Waals surface area contributed by atoms with Crippen molar-refractivity contribution in [1.29, 1.82) is 0 Å². The Kier molecular flexibility index (Phi) is 3.56. The van der Waals surface area contributed by atoms with Crippen molar-refractivity contribution in [3.8, 4) is 0 Å². The van der Waals surface area contributed by atoms with Gasteiger partial charge in [-0.25, -0.2) is 0 Å². The average molecular weight is 306 g/mol. The van der Waals surface area contributed by atoms with Gasteiger partial charge < -0.3 is 0 Å². The topological polar surface area (TPSA) is 0 Å². The maximum atomic E-state index is 2.31. The fourth-order valence-corrected chi connectivity index (χ4v) is 1.69. The first-order chi connectivity index (χ1) is 7.34. The third-order valence-corrected chi connectivity index (χ3v) is 2.86. The van der Waals surface area contributed by atoms with Gasteiger partial charge in [-0.15, -0.1) is 0 Å². The molecule has 0 saturated heterocycles. The summed E-state index contributed by atoms with van der Waals surface area (Å²) in [5.41, 5.74) is 2.47. The van der Waals surface area contributed by atoms with Crippen LogP contribution < -0.4 is 0 Å². The van der Waals surface area contributed by atoms with E-state index in [0.717, 1.165) is 0 Å². The lowest BCUT2D eigenvalue weighted by molar-refractivity contribution is 1.61. The van der Waals surface area contributed by atoms with Crippen molar-refractivity contribution in [1.82, 2.24) is 0 Å². The molecule has 0 spiro atoms. The van der Waals surface area contributed by atoms with Gasteiger partial charge in [0.1, 0.15) is 0 Å². The highest BCUT2D eigenvalue weighted by molar-refractivity contribution is 14.1. The Morgan fingerprint density at radius 3 is 1.80 bits per heavy atom. The minimum atomic E-state index is 1.23. The molecule has 0 aromatic heterocycles. The summed E-state index contributed by atoms with van der Waals surface area (Å²) < 4.78 is 1.27. The Balaban J connectivity index is 2.15. The number of benzene rings is 2. The van der Waals surface area contributed by atoms with Crippen molar-refractivity contribution < 1.29 is 0 Å². The Morgan fingerprint density at radius 2 is 1.20 bits per heavy atom. The predicted molar refractivity (Wildman–Crippen MR) is 74.5 cm³/mol. The highest BCUT2D eigenvalue weighted by Gasteiger charge is 1.87. The Hall–Kier alpha value is -1.09. The van der Waals surface area contributed by atoms with Crippen molar-refractivity contribution in [2.24, 2.45) is 0 Å². The van der Waals surface area contributed by atoms with Crippen LogP contribution in [0.25, 0.3) is 12.2 Å². The van der Waals surface area contributed by atoms with Crippen LogP contribution >= 0.6 is 22.6 Å². The lowest BCUT2D eigenvalue weighted by Crippen LogP contribution is -1.73. The zero-order chi connectivity index (χ0) is 10.5. The smallest absolute Gasteiger partial charge is 0.0130 e. The Morgan fingerprint density at radius 1 is 0.667 bits per heavy atom. The zero-order valence-corrected chi connectivity index (χ0v) is 10.4. The molecular formula is C14H11I. The van der Waals surface area contributed by atoms with Crippen LogP contribution in [0.4, 0.5) is 0 Å². The molecule has 2 rings (SSSR count). The van der Waals surface area contributed by atoms with Crippen LogP contribution in [0.3, 0.4) is 0 Å². The van der Waals surface area contributed by atoms with Crippen LogP contribution in [0.2, 0.25) is 0 Å². The lowest BCUT2D eigenvalue weighted by atomic mass is 10.1. The third kappa shape index (κ3) is 3.20. The van der Waals surface area contributed by atoms with E-state index in [-0.39, 0.29) is 0 Å². The highest BCUT2D eigenvalue weighted by Crippen LogP contribution is 2.10. The molecule has 15 heavy (non-hydrogen) atoms. The van der Waals surface area contributed by atoms with Gasteiger partial charge in [0.15, 0.2) is 0 Å². The van der Waals surface area contributed by atoms with Crippen LogP contribution in [0.1, 0.15) is 11.1 Å². The Labute approximate surface area is 104 Å². The first kappa shape index (κ1) is 10.4. The monoisotopic (exact) mass is 306 g/mol. The molecule has 0 saturated carbocycles. The summed E-state index contributed by atoms with van der Waals surface area (Å²) in [4.78, 5) is 0. The molecule has 0 fully saturated rings. The fourth-order valence-electron chi connectivity index (χ4n) is 1.33. The maximum absolute atomic E-state index is 2.31. The van der Waals surface area contributed by atoms with E-state index in [4.69, 9.17) is 0 Å². The van der Waals surface area contributed by atoms with Crippen molar-refractivity contribution in [3.05, 3.63) is 69.3 Å². The van der Waals surface area contributed by atoms with E-state index >= 15 is 0 Å². The molecule has 0 radical (unpaired) electrons. The fraction of sp³-hybridized carbons (Fsp3) is 0. The van der Waals surface area contributed by atoms with Crippen LogP contribution in [0.5, 0.6) is 0 Å². The van der Waals surface area contributed by atoms with Gasteiger partial charge in [0.05, 0.1) is 0 Å². The molecule has 0 atom stereocenters. The van der Waals surface area contributed by atoms with Gasteiger partial charge in [-0.05, 0) is 45.9 Å². The van der Waals surface area contributed by atoms with E-state index in [1.807, 2.05) is 18.2 Å². The molecule has 0 unspecified atom stereocenters.